The first-order valence-electron chi connectivity index (χ1n) is 8.86. The van der Waals surface area contributed by atoms with Gasteiger partial charge in [0.05, 0.1) is 4.92 Å². The van der Waals surface area contributed by atoms with Crippen molar-refractivity contribution in [2.24, 2.45) is 0 Å². The summed E-state index contributed by atoms with van der Waals surface area (Å²) >= 11 is 0. The Labute approximate surface area is 159 Å². The van der Waals surface area contributed by atoms with Crippen LogP contribution in [0.5, 0.6) is 5.75 Å². The van der Waals surface area contributed by atoms with Crippen molar-refractivity contribution in [3.05, 3.63) is 69.8 Å². The maximum absolute atomic E-state index is 13.1. The predicted molar refractivity (Wildman–Crippen MR) is 105 cm³/mol. The van der Waals surface area contributed by atoms with Crippen LogP contribution in [0.2, 0.25) is 0 Å². The van der Waals surface area contributed by atoms with Gasteiger partial charge in [-0.05, 0) is 52.3 Å². The first-order chi connectivity index (χ1) is 12.6. The molecule has 144 valence electrons. The summed E-state index contributed by atoms with van der Waals surface area (Å²) in [5.74, 6) is 0.301. The molecule has 2 aromatic rings. The lowest BCUT2D eigenvalue weighted by Gasteiger charge is -2.37. The molecule has 0 spiro atoms. The van der Waals surface area contributed by atoms with Gasteiger partial charge in [-0.15, -0.1) is 0 Å². The number of benzene rings is 2. The molecule has 2 rings (SSSR count). The molecule has 0 aliphatic heterocycles. The Hall–Kier alpha value is -2.89. The van der Waals surface area contributed by atoms with Crippen LogP contribution in [0.3, 0.4) is 0 Å². The molecule has 6 heteroatoms. The maximum atomic E-state index is 13.1. The maximum Gasteiger partial charge on any atom is 0.272 e. The van der Waals surface area contributed by atoms with Crippen molar-refractivity contribution in [3.8, 4) is 5.75 Å². The number of nitrogens with zero attached hydrogens (tertiary/aromatic N) is 2. The summed E-state index contributed by atoms with van der Waals surface area (Å²) in [4.78, 5) is 25.3. The number of aryl methyl sites for hydroxylation is 1. The van der Waals surface area contributed by atoms with E-state index in [0.717, 1.165) is 5.56 Å². The number of hydrogen-bond acceptors (Lipinski definition) is 4. The average molecular weight is 370 g/mol. The summed E-state index contributed by atoms with van der Waals surface area (Å²) in [6, 6.07) is 14.3. The van der Waals surface area contributed by atoms with Crippen molar-refractivity contribution >= 4 is 11.6 Å². The summed E-state index contributed by atoms with van der Waals surface area (Å²) in [7, 11) is 0. The first kappa shape index (κ1) is 20.4. The van der Waals surface area contributed by atoms with Crippen LogP contribution >= 0.6 is 0 Å². The topological polar surface area (TPSA) is 72.7 Å². The van der Waals surface area contributed by atoms with Gasteiger partial charge in [-0.25, -0.2) is 0 Å². The van der Waals surface area contributed by atoms with Crippen molar-refractivity contribution in [2.45, 2.75) is 52.8 Å². The molecule has 27 heavy (non-hydrogen) atoms. The van der Waals surface area contributed by atoms with Gasteiger partial charge in [0, 0.05) is 23.7 Å². The molecule has 0 bridgehead atoms. The van der Waals surface area contributed by atoms with E-state index in [2.05, 4.69) is 0 Å². The smallest absolute Gasteiger partial charge is 0.272 e. The van der Waals surface area contributed by atoms with Crippen LogP contribution < -0.4 is 4.74 Å². The monoisotopic (exact) mass is 370 g/mol. The second kappa shape index (κ2) is 8.20. The van der Waals surface area contributed by atoms with Gasteiger partial charge in [0.15, 0.2) is 6.10 Å². The molecule has 0 aromatic heterocycles. The summed E-state index contributed by atoms with van der Waals surface area (Å²) in [6.07, 6.45) is -0.714. The fraction of sp³-hybridized carbons (Fsp3) is 0.381. The van der Waals surface area contributed by atoms with Gasteiger partial charge >= 0.3 is 0 Å². The Kier molecular flexibility index (Phi) is 6.20. The predicted octanol–water partition coefficient (Wildman–Crippen LogP) is 4.50. The standard InChI is InChI=1S/C21H26N2O4/c1-15-13-18(11-12-19(15)23(25)26)27-16(2)20(24)22(21(3,4)5)14-17-9-7-6-8-10-17/h6-13,16H,14H2,1-5H3/t16-/m0/s1. The van der Waals surface area contributed by atoms with Gasteiger partial charge in [0.25, 0.3) is 11.6 Å². The van der Waals surface area contributed by atoms with Crippen molar-refractivity contribution < 1.29 is 14.5 Å². The van der Waals surface area contributed by atoms with Crippen LogP contribution in [0.15, 0.2) is 48.5 Å². The second-order valence-corrected chi connectivity index (χ2v) is 7.55. The van der Waals surface area contributed by atoms with Crippen molar-refractivity contribution in [1.82, 2.24) is 4.90 Å². The molecule has 0 fully saturated rings. The molecule has 6 nitrogen and oxygen atoms in total. The largest absolute Gasteiger partial charge is 0.481 e. The number of carbonyl (C=O) groups excluding carboxylic acids is 1. The molecule has 1 atom stereocenters. The SMILES string of the molecule is Cc1cc(O[C@@H](C)C(=O)N(Cc2ccccc2)C(C)(C)C)ccc1[N+](=O)[O-]. The van der Waals surface area contributed by atoms with Gasteiger partial charge in [-0.3, -0.25) is 14.9 Å². The normalized spacial score (nSPS) is 12.3. The number of rotatable bonds is 6. The quantitative estimate of drug-likeness (QED) is 0.554. The van der Waals surface area contributed by atoms with Crippen molar-refractivity contribution in [1.29, 1.82) is 0 Å². The second-order valence-electron chi connectivity index (χ2n) is 7.55. The van der Waals surface area contributed by atoms with Crippen LogP contribution in [-0.2, 0) is 11.3 Å². The van der Waals surface area contributed by atoms with Crippen LogP contribution in [0, 0.1) is 17.0 Å². The van der Waals surface area contributed by atoms with Crippen LogP contribution in [0.1, 0.15) is 38.8 Å². The fourth-order valence-corrected chi connectivity index (χ4v) is 2.79. The van der Waals surface area contributed by atoms with E-state index >= 15 is 0 Å². The molecule has 2 aromatic carbocycles. The van der Waals surface area contributed by atoms with E-state index in [1.54, 1.807) is 24.8 Å². The highest BCUT2D eigenvalue weighted by molar-refractivity contribution is 5.81. The number of nitro groups is 1. The fourth-order valence-electron chi connectivity index (χ4n) is 2.79. The molecule has 1 amide bonds. The van der Waals surface area contributed by atoms with Crippen LogP contribution in [0.4, 0.5) is 5.69 Å². The third-order valence-corrected chi connectivity index (χ3v) is 4.28. The highest BCUT2D eigenvalue weighted by Crippen LogP contribution is 2.25. The Balaban J connectivity index is 2.17. The zero-order valence-electron chi connectivity index (χ0n) is 16.4. The third-order valence-electron chi connectivity index (χ3n) is 4.28. The molecule has 0 aliphatic carbocycles. The van der Waals surface area contributed by atoms with E-state index in [9.17, 15) is 14.9 Å². The Morgan fingerprint density at radius 3 is 2.33 bits per heavy atom. The number of nitro benzene ring substituents is 1. The van der Waals surface area contributed by atoms with Gasteiger partial charge in [-0.1, -0.05) is 30.3 Å². The van der Waals surface area contributed by atoms with Gasteiger partial charge in [-0.2, -0.15) is 0 Å². The summed E-state index contributed by atoms with van der Waals surface area (Å²) < 4.78 is 5.79. The summed E-state index contributed by atoms with van der Waals surface area (Å²) in [5, 5.41) is 10.9. The first-order valence-corrected chi connectivity index (χ1v) is 8.86. The van der Waals surface area contributed by atoms with Gasteiger partial charge < -0.3 is 9.64 Å². The molecule has 0 aliphatic rings. The minimum absolute atomic E-state index is 0.0294. The summed E-state index contributed by atoms with van der Waals surface area (Å²) in [5.41, 5.74) is 1.19. The molecule has 0 saturated heterocycles. The van der Waals surface area contributed by atoms with Crippen molar-refractivity contribution in [3.63, 3.8) is 0 Å². The molecule has 0 heterocycles. The highest BCUT2D eigenvalue weighted by atomic mass is 16.6. The lowest BCUT2D eigenvalue weighted by atomic mass is 10.0. The van der Waals surface area contributed by atoms with E-state index < -0.39 is 11.0 Å². The lowest BCUT2D eigenvalue weighted by molar-refractivity contribution is -0.385. The van der Waals surface area contributed by atoms with E-state index in [1.807, 2.05) is 51.1 Å². The lowest BCUT2D eigenvalue weighted by Crippen LogP contribution is -2.50. The number of carbonyl (C=O) groups is 1. The number of hydrogen-bond donors (Lipinski definition) is 0. The van der Waals surface area contributed by atoms with E-state index in [4.69, 9.17) is 4.74 Å². The zero-order chi connectivity index (χ0) is 20.2. The van der Waals surface area contributed by atoms with Crippen LogP contribution in [0.25, 0.3) is 0 Å². The third kappa shape index (κ3) is 5.29. The van der Waals surface area contributed by atoms with E-state index in [-0.39, 0.29) is 17.1 Å². The molecule has 0 saturated carbocycles. The van der Waals surface area contributed by atoms with Gasteiger partial charge in [0.2, 0.25) is 0 Å². The highest BCUT2D eigenvalue weighted by Gasteiger charge is 2.31. The van der Waals surface area contributed by atoms with E-state index in [0.29, 0.717) is 17.9 Å². The Morgan fingerprint density at radius 1 is 1.19 bits per heavy atom. The average Bonchev–Trinajstić information content (AvgIpc) is 2.58. The Bertz CT molecular complexity index is 813. The molecular formula is C21H26N2O4. The van der Waals surface area contributed by atoms with Crippen molar-refractivity contribution in [2.75, 3.05) is 0 Å². The Morgan fingerprint density at radius 2 is 1.81 bits per heavy atom. The molecule has 0 N–H and O–H groups in total. The minimum atomic E-state index is -0.714. The number of amides is 1. The number of ether oxygens (including phenoxy) is 1. The molecule has 0 radical (unpaired) electrons. The minimum Gasteiger partial charge on any atom is -0.481 e. The summed E-state index contributed by atoms with van der Waals surface area (Å²) in [6.45, 7) is 9.77. The van der Waals surface area contributed by atoms with E-state index in [1.165, 1.54) is 12.1 Å². The zero-order valence-corrected chi connectivity index (χ0v) is 16.4. The molecule has 0 unspecified atom stereocenters. The molecular weight excluding hydrogens is 344 g/mol. The van der Waals surface area contributed by atoms with Gasteiger partial charge in [0.1, 0.15) is 5.75 Å². The van der Waals surface area contributed by atoms with Crippen LogP contribution in [-0.4, -0.2) is 27.4 Å².